The molecule has 0 aliphatic carbocycles. The zero-order valence-corrected chi connectivity index (χ0v) is 15.3. The fourth-order valence-corrected chi connectivity index (χ4v) is 3.55. The molecular weight excluding hydrogens is 302 g/mol. The summed E-state index contributed by atoms with van der Waals surface area (Å²) in [4.78, 5) is 15.2. The number of likely N-dealkylation sites (tertiary alicyclic amines) is 1. The van der Waals surface area contributed by atoms with Crippen LogP contribution >= 0.6 is 0 Å². The molecule has 3 rings (SSSR count). The number of carbonyl (C=O) groups is 1. The molecule has 1 aromatic carbocycles. The Morgan fingerprint density at radius 3 is 2.54 bits per heavy atom. The molecule has 24 heavy (non-hydrogen) atoms. The molecule has 0 aromatic heterocycles. The first-order valence-electron chi connectivity index (χ1n) is 9.12. The fourth-order valence-electron chi connectivity index (χ4n) is 3.55. The third-order valence-electron chi connectivity index (χ3n) is 5.08. The lowest BCUT2D eigenvalue weighted by molar-refractivity contribution is -0.0154. The summed E-state index contributed by atoms with van der Waals surface area (Å²) >= 11 is 0. The Labute approximate surface area is 145 Å². The summed E-state index contributed by atoms with van der Waals surface area (Å²) in [6, 6.07) is 6.21. The summed E-state index contributed by atoms with van der Waals surface area (Å²) in [6.07, 6.45) is 2.32. The van der Waals surface area contributed by atoms with Crippen LogP contribution in [0.4, 0.5) is 0 Å². The molecular formula is C20H29NO3. The maximum absolute atomic E-state index is 12.7. The summed E-state index contributed by atoms with van der Waals surface area (Å²) < 4.78 is 12.1. The first-order valence-corrected chi connectivity index (χ1v) is 9.12. The second-order valence-corrected chi connectivity index (χ2v) is 7.88. The molecule has 0 radical (unpaired) electrons. The van der Waals surface area contributed by atoms with E-state index >= 15 is 0 Å². The van der Waals surface area contributed by atoms with Gasteiger partial charge >= 0.3 is 0 Å². The monoisotopic (exact) mass is 331 g/mol. The molecule has 0 amide bonds. The molecule has 2 aliphatic heterocycles. The highest BCUT2D eigenvalue weighted by Crippen LogP contribution is 2.40. The number of ketones is 1. The maximum Gasteiger partial charge on any atom is 0.170 e. The summed E-state index contributed by atoms with van der Waals surface area (Å²) in [7, 11) is 0. The number of piperidine rings is 1. The lowest BCUT2D eigenvalue weighted by Crippen LogP contribution is -2.52. The average molecular weight is 331 g/mol. The number of ether oxygens (including phenoxy) is 2. The number of rotatable bonds is 4. The van der Waals surface area contributed by atoms with Gasteiger partial charge in [-0.3, -0.25) is 4.79 Å². The fraction of sp³-hybridized carbons (Fsp3) is 0.650. The zero-order chi connectivity index (χ0) is 17.3. The van der Waals surface area contributed by atoms with Crippen molar-refractivity contribution >= 4 is 5.78 Å². The molecule has 0 unspecified atom stereocenters. The van der Waals surface area contributed by atoms with Crippen molar-refractivity contribution in [1.29, 1.82) is 0 Å². The average Bonchev–Trinajstić information content (AvgIpc) is 2.53. The van der Waals surface area contributed by atoms with Crippen molar-refractivity contribution in [3.05, 3.63) is 23.8 Å². The Morgan fingerprint density at radius 1 is 1.21 bits per heavy atom. The van der Waals surface area contributed by atoms with E-state index in [0.29, 0.717) is 30.6 Å². The van der Waals surface area contributed by atoms with Crippen molar-refractivity contribution in [2.45, 2.75) is 58.6 Å². The largest absolute Gasteiger partial charge is 0.493 e. The van der Waals surface area contributed by atoms with Crippen LogP contribution < -0.4 is 9.47 Å². The van der Waals surface area contributed by atoms with Crippen LogP contribution in [-0.2, 0) is 0 Å². The van der Waals surface area contributed by atoms with Gasteiger partial charge in [0, 0.05) is 32.0 Å². The van der Waals surface area contributed by atoms with Crippen LogP contribution in [0.2, 0.25) is 0 Å². The van der Waals surface area contributed by atoms with Crippen molar-refractivity contribution in [3.63, 3.8) is 0 Å². The predicted molar refractivity (Wildman–Crippen MR) is 95.0 cm³/mol. The van der Waals surface area contributed by atoms with Crippen molar-refractivity contribution in [2.75, 3.05) is 19.7 Å². The standard InChI is InChI=1S/C20H29NO3/c1-14(2)13-23-16-5-6-19-17(11-16)18(22)12-20(24-19)7-9-21(10-8-20)15(3)4/h5-6,11,14-15H,7-10,12-13H2,1-4H3. The highest BCUT2D eigenvalue weighted by molar-refractivity contribution is 6.00. The van der Waals surface area contributed by atoms with Crippen LogP contribution in [-0.4, -0.2) is 42.0 Å². The van der Waals surface area contributed by atoms with Gasteiger partial charge in [0.2, 0.25) is 0 Å². The molecule has 132 valence electrons. The van der Waals surface area contributed by atoms with Gasteiger partial charge in [-0.15, -0.1) is 0 Å². The first kappa shape index (κ1) is 17.3. The van der Waals surface area contributed by atoms with Gasteiger partial charge in [0.1, 0.15) is 17.1 Å². The highest BCUT2D eigenvalue weighted by Gasteiger charge is 2.43. The van der Waals surface area contributed by atoms with Crippen LogP contribution in [0.1, 0.15) is 57.3 Å². The Balaban J connectivity index is 1.73. The van der Waals surface area contributed by atoms with Gasteiger partial charge in [0.25, 0.3) is 0 Å². The minimum Gasteiger partial charge on any atom is -0.493 e. The van der Waals surface area contributed by atoms with Crippen LogP contribution in [0.15, 0.2) is 18.2 Å². The van der Waals surface area contributed by atoms with Gasteiger partial charge in [-0.2, -0.15) is 0 Å². The summed E-state index contributed by atoms with van der Waals surface area (Å²) in [5.74, 6) is 2.12. The predicted octanol–water partition coefficient (Wildman–Crippen LogP) is 3.93. The van der Waals surface area contributed by atoms with Gasteiger partial charge in [-0.25, -0.2) is 0 Å². The maximum atomic E-state index is 12.7. The summed E-state index contributed by atoms with van der Waals surface area (Å²) in [5.41, 5.74) is 0.364. The van der Waals surface area contributed by atoms with Crippen molar-refractivity contribution in [1.82, 2.24) is 4.90 Å². The molecule has 4 heteroatoms. The molecule has 1 fully saturated rings. The van der Waals surface area contributed by atoms with E-state index < -0.39 is 0 Å². The van der Waals surface area contributed by atoms with Crippen molar-refractivity contribution < 1.29 is 14.3 Å². The third kappa shape index (κ3) is 3.59. The number of nitrogens with zero attached hydrogens (tertiary/aromatic N) is 1. The zero-order valence-electron chi connectivity index (χ0n) is 15.3. The van der Waals surface area contributed by atoms with Gasteiger partial charge in [0.05, 0.1) is 18.6 Å². The lowest BCUT2D eigenvalue weighted by Gasteiger charge is -2.45. The number of hydrogen-bond donors (Lipinski definition) is 0. The second kappa shape index (κ2) is 6.75. The van der Waals surface area contributed by atoms with Gasteiger partial charge in [-0.05, 0) is 38.0 Å². The van der Waals surface area contributed by atoms with E-state index in [1.165, 1.54) is 0 Å². The van der Waals surface area contributed by atoms with E-state index in [0.717, 1.165) is 37.4 Å². The molecule has 0 atom stereocenters. The number of hydrogen-bond acceptors (Lipinski definition) is 4. The Bertz CT molecular complexity index is 601. The van der Waals surface area contributed by atoms with Crippen LogP contribution in [0, 0.1) is 5.92 Å². The smallest absolute Gasteiger partial charge is 0.170 e. The van der Waals surface area contributed by atoms with E-state index in [1.54, 1.807) is 0 Å². The second-order valence-electron chi connectivity index (χ2n) is 7.88. The highest BCUT2D eigenvalue weighted by atomic mass is 16.5. The summed E-state index contributed by atoms with van der Waals surface area (Å²) in [5, 5.41) is 0. The molecule has 0 bridgehead atoms. The molecule has 0 saturated carbocycles. The van der Waals surface area contributed by atoms with E-state index in [-0.39, 0.29) is 11.4 Å². The van der Waals surface area contributed by atoms with Crippen LogP contribution in [0.25, 0.3) is 0 Å². The third-order valence-corrected chi connectivity index (χ3v) is 5.08. The number of carbonyl (C=O) groups excluding carboxylic acids is 1. The van der Waals surface area contributed by atoms with Gasteiger partial charge in [-0.1, -0.05) is 13.8 Å². The normalized spacial score (nSPS) is 20.3. The van der Waals surface area contributed by atoms with E-state index in [1.807, 2.05) is 18.2 Å². The molecule has 0 N–H and O–H groups in total. The molecule has 2 heterocycles. The molecule has 2 aliphatic rings. The van der Waals surface area contributed by atoms with E-state index in [9.17, 15) is 4.79 Å². The Hall–Kier alpha value is -1.55. The lowest BCUT2D eigenvalue weighted by atomic mass is 9.82. The molecule has 1 saturated heterocycles. The quantitative estimate of drug-likeness (QED) is 0.838. The van der Waals surface area contributed by atoms with Crippen molar-refractivity contribution in [3.8, 4) is 11.5 Å². The van der Waals surface area contributed by atoms with Gasteiger partial charge < -0.3 is 14.4 Å². The van der Waals surface area contributed by atoms with E-state index in [2.05, 4.69) is 32.6 Å². The minimum atomic E-state index is -0.310. The topological polar surface area (TPSA) is 38.8 Å². The number of benzene rings is 1. The van der Waals surface area contributed by atoms with Crippen LogP contribution in [0.5, 0.6) is 11.5 Å². The summed E-state index contributed by atoms with van der Waals surface area (Å²) in [6.45, 7) is 11.3. The Kier molecular flexibility index (Phi) is 4.86. The number of Topliss-reactive ketones (excluding diaryl/α,β-unsaturated/α-hetero) is 1. The number of fused-ring (bicyclic) bond motifs is 1. The van der Waals surface area contributed by atoms with Gasteiger partial charge in [0.15, 0.2) is 5.78 Å². The molecule has 1 spiro atoms. The Morgan fingerprint density at radius 2 is 1.92 bits per heavy atom. The molecule has 1 aromatic rings. The minimum absolute atomic E-state index is 0.184. The SMILES string of the molecule is CC(C)COc1ccc2c(c1)C(=O)CC1(CCN(C(C)C)CC1)O2. The van der Waals surface area contributed by atoms with Crippen molar-refractivity contribution in [2.24, 2.45) is 5.92 Å². The van der Waals surface area contributed by atoms with E-state index in [4.69, 9.17) is 9.47 Å². The first-order chi connectivity index (χ1) is 11.4. The molecule has 4 nitrogen and oxygen atoms in total. The van der Waals surface area contributed by atoms with Crippen LogP contribution in [0.3, 0.4) is 0 Å².